The topological polar surface area (TPSA) is 138 Å². The number of amides is 4. The first-order valence-electron chi connectivity index (χ1n) is 21.3. The van der Waals surface area contributed by atoms with Crippen molar-refractivity contribution in [2.45, 2.75) is 57.2 Å². The van der Waals surface area contributed by atoms with Crippen molar-refractivity contribution in [1.29, 1.82) is 0 Å². The summed E-state index contributed by atoms with van der Waals surface area (Å²) in [4.78, 5) is 47.2. The van der Waals surface area contributed by atoms with Gasteiger partial charge in [0, 0.05) is 99.5 Å². The third-order valence-electron chi connectivity index (χ3n) is 12.5. The zero-order chi connectivity index (χ0) is 41.9. The quantitative estimate of drug-likeness (QED) is 0.118. The lowest BCUT2D eigenvalue weighted by Crippen LogP contribution is -2.53. The van der Waals surface area contributed by atoms with Gasteiger partial charge in [0.05, 0.1) is 11.1 Å². The molecule has 0 spiro atoms. The van der Waals surface area contributed by atoms with Crippen LogP contribution in [0.2, 0.25) is 0 Å². The molecule has 15 heteroatoms. The van der Waals surface area contributed by atoms with Crippen LogP contribution in [0.1, 0.15) is 59.2 Å². The monoisotopic (exact) mass is 831 g/mol. The molecule has 0 bridgehead atoms. The highest BCUT2D eigenvalue weighted by molar-refractivity contribution is 6.11. The highest BCUT2D eigenvalue weighted by Gasteiger charge is 2.29. The Bertz CT molecular complexity index is 2380. The van der Waals surface area contributed by atoms with Gasteiger partial charge in [-0.3, -0.25) is 34.7 Å². The zero-order valence-corrected chi connectivity index (χ0v) is 34.1. The molecule has 0 aliphatic carbocycles. The standard InChI is InChI=1S/C46H51F2N9O4/c47-33-23-32(24-34(48)27-33)22-30-4-7-41-40(26-30)44(53-52-41)51-45(59)39-6-5-37(28-42(39)49-35-11-20-61-21-12-35)56-18-16-55(17-19-56)36-8-13-54(14-9-36)29-31-2-1-3-38(25-31)57-15-10-43(58)50-46(57)60/h1-7,23-28,35-36,49H,8-22,29H2,(H,50,58,60)(H2,51,52,53,59). The number of halogens is 2. The fourth-order valence-corrected chi connectivity index (χ4v) is 9.18. The first-order valence-corrected chi connectivity index (χ1v) is 21.3. The van der Waals surface area contributed by atoms with E-state index in [1.165, 1.54) is 12.1 Å². The van der Waals surface area contributed by atoms with Gasteiger partial charge in [0.2, 0.25) is 5.91 Å². The van der Waals surface area contributed by atoms with Crippen LogP contribution in [0.3, 0.4) is 0 Å². The highest BCUT2D eigenvalue weighted by atomic mass is 19.1. The van der Waals surface area contributed by atoms with Crippen molar-refractivity contribution in [2.24, 2.45) is 0 Å². The molecule has 4 aromatic carbocycles. The van der Waals surface area contributed by atoms with E-state index in [1.54, 1.807) is 4.90 Å². The van der Waals surface area contributed by atoms with E-state index in [0.29, 0.717) is 61.0 Å². The van der Waals surface area contributed by atoms with Gasteiger partial charge in [0.15, 0.2) is 5.82 Å². The molecule has 9 rings (SSSR count). The Morgan fingerprint density at radius 3 is 2.34 bits per heavy atom. The lowest BCUT2D eigenvalue weighted by molar-refractivity contribution is -0.120. The molecule has 61 heavy (non-hydrogen) atoms. The number of fused-ring (bicyclic) bond motifs is 1. The molecule has 4 fully saturated rings. The van der Waals surface area contributed by atoms with Crippen LogP contribution in [0.15, 0.2) is 78.9 Å². The van der Waals surface area contributed by atoms with Gasteiger partial charge in [-0.1, -0.05) is 18.2 Å². The second-order valence-corrected chi connectivity index (χ2v) is 16.6. The van der Waals surface area contributed by atoms with E-state index in [-0.39, 0.29) is 23.9 Å². The number of imide groups is 1. The number of benzene rings is 4. The van der Waals surface area contributed by atoms with Crippen LogP contribution >= 0.6 is 0 Å². The van der Waals surface area contributed by atoms with Crippen LogP contribution in [0, 0.1) is 11.6 Å². The fraction of sp³-hybridized carbons (Fsp3) is 0.391. The van der Waals surface area contributed by atoms with Gasteiger partial charge in [0.1, 0.15) is 11.6 Å². The molecular formula is C46H51F2N9O4. The molecule has 4 aliphatic rings. The van der Waals surface area contributed by atoms with Gasteiger partial charge in [-0.2, -0.15) is 5.10 Å². The van der Waals surface area contributed by atoms with E-state index in [4.69, 9.17) is 4.74 Å². The van der Waals surface area contributed by atoms with Crippen molar-refractivity contribution in [3.63, 3.8) is 0 Å². The summed E-state index contributed by atoms with van der Waals surface area (Å²) in [5.41, 5.74) is 6.41. The van der Waals surface area contributed by atoms with Gasteiger partial charge >= 0.3 is 6.03 Å². The summed E-state index contributed by atoms with van der Waals surface area (Å²) in [6, 6.07) is 23.5. The maximum absolute atomic E-state index is 14.0. The molecule has 0 radical (unpaired) electrons. The highest BCUT2D eigenvalue weighted by Crippen LogP contribution is 2.31. The lowest BCUT2D eigenvalue weighted by Gasteiger charge is -2.43. The Labute approximate surface area is 353 Å². The molecule has 4 aliphatic heterocycles. The largest absolute Gasteiger partial charge is 0.381 e. The normalized spacial score (nSPS) is 18.7. The third-order valence-corrected chi connectivity index (χ3v) is 12.5. The van der Waals surface area contributed by atoms with Crippen molar-refractivity contribution in [1.82, 2.24) is 25.3 Å². The third kappa shape index (κ3) is 9.54. The first-order chi connectivity index (χ1) is 29.7. The summed E-state index contributed by atoms with van der Waals surface area (Å²) in [7, 11) is 0. The molecule has 13 nitrogen and oxygen atoms in total. The number of hydrogen-bond acceptors (Lipinski definition) is 9. The molecule has 1 aromatic heterocycles. The van der Waals surface area contributed by atoms with Crippen molar-refractivity contribution < 1.29 is 27.9 Å². The Kier molecular flexibility index (Phi) is 11.9. The molecule has 4 amide bonds. The number of nitrogens with one attached hydrogen (secondary N) is 4. The van der Waals surface area contributed by atoms with Crippen molar-refractivity contribution >= 4 is 51.6 Å². The van der Waals surface area contributed by atoms with Crippen LogP contribution in [0.5, 0.6) is 0 Å². The fourth-order valence-electron chi connectivity index (χ4n) is 9.18. The lowest BCUT2D eigenvalue weighted by atomic mass is 10.0. The van der Waals surface area contributed by atoms with Crippen molar-refractivity contribution in [3.05, 3.63) is 113 Å². The minimum absolute atomic E-state index is 0.173. The molecule has 5 aromatic rings. The number of carbonyl (C=O) groups excluding carboxylic acids is 3. The summed E-state index contributed by atoms with van der Waals surface area (Å²) >= 11 is 0. The Balaban J connectivity index is 0.825. The van der Waals surface area contributed by atoms with Crippen LogP contribution in [-0.2, 0) is 22.5 Å². The average molecular weight is 832 g/mol. The number of aromatic nitrogens is 2. The average Bonchev–Trinajstić information content (AvgIpc) is 3.65. The molecule has 0 unspecified atom stereocenters. The minimum atomic E-state index is -0.622. The predicted octanol–water partition coefficient (Wildman–Crippen LogP) is 6.51. The smallest absolute Gasteiger partial charge is 0.328 e. The van der Waals surface area contributed by atoms with Crippen molar-refractivity contribution in [3.8, 4) is 0 Å². The number of urea groups is 1. The SMILES string of the molecule is O=C1CCN(c2cccc(CN3CCC(N4CCN(c5ccc(C(=O)Nc6n[nH]c7ccc(Cc8cc(F)cc(F)c8)cc67)c(NC6CCOCC6)c5)CC4)CC3)c2)C(=O)N1. The number of H-pyrrole nitrogens is 1. The van der Waals surface area contributed by atoms with Gasteiger partial charge in [0.25, 0.3) is 5.91 Å². The Hall–Kier alpha value is -5.90. The maximum Gasteiger partial charge on any atom is 0.328 e. The molecular weight excluding hydrogens is 781 g/mol. The van der Waals surface area contributed by atoms with E-state index in [0.717, 1.165) is 111 Å². The van der Waals surface area contributed by atoms with E-state index in [2.05, 4.69) is 59.0 Å². The van der Waals surface area contributed by atoms with Crippen LogP contribution in [0.25, 0.3) is 10.9 Å². The Morgan fingerprint density at radius 1 is 0.787 bits per heavy atom. The number of carbonyl (C=O) groups is 3. The Morgan fingerprint density at radius 2 is 1.57 bits per heavy atom. The summed E-state index contributed by atoms with van der Waals surface area (Å²) in [5.74, 6) is -1.38. The van der Waals surface area contributed by atoms with E-state index >= 15 is 0 Å². The van der Waals surface area contributed by atoms with Gasteiger partial charge in [-0.25, -0.2) is 13.6 Å². The number of ether oxygens (including phenoxy) is 1. The maximum atomic E-state index is 14.0. The molecule has 318 valence electrons. The summed E-state index contributed by atoms with van der Waals surface area (Å²) in [5, 5.41) is 17.2. The second kappa shape index (κ2) is 18.0. The van der Waals surface area contributed by atoms with Crippen LogP contribution < -0.4 is 25.8 Å². The first kappa shape index (κ1) is 40.5. The number of anilines is 4. The number of rotatable bonds is 11. The molecule has 0 saturated carbocycles. The zero-order valence-electron chi connectivity index (χ0n) is 34.1. The van der Waals surface area contributed by atoms with Gasteiger partial charge in [-0.15, -0.1) is 0 Å². The van der Waals surface area contributed by atoms with Crippen LogP contribution in [0.4, 0.5) is 36.5 Å². The molecule has 5 heterocycles. The summed E-state index contributed by atoms with van der Waals surface area (Å²) in [6.45, 7) is 8.24. The molecule has 4 N–H and O–H groups in total. The minimum Gasteiger partial charge on any atom is -0.381 e. The number of hydrogen-bond donors (Lipinski definition) is 4. The van der Waals surface area contributed by atoms with Gasteiger partial charge < -0.3 is 20.3 Å². The number of piperidine rings is 1. The number of aromatic amines is 1. The van der Waals surface area contributed by atoms with Gasteiger partial charge in [-0.05, 0) is 116 Å². The van der Waals surface area contributed by atoms with Crippen molar-refractivity contribution in [2.75, 3.05) is 79.5 Å². The van der Waals surface area contributed by atoms with E-state index < -0.39 is 11.6 Å². The second-order valence-electron chi connectivity index (χ2n) is 16.6. The number of nitrogens with zero attached hydrogens (tertiary/aromatic N) is 5. The molecule has 4 saturated heterocycles. The summed E-state index contributed by atoms with van der Waals surface area (Å²) in [6.07, 6.45) is 4.51. The predicted molar refractivity (Wildman–Crippen MR) is 231 cm³/mol. The summed E-state index contributed by atoms with van der Waals surface area (Å²) < 4.78 is 33.4. The van der Waals surface area contributed by atoms with E-state index in [1.807, 2.05) is 42.5 Å². The van der Waals surface area contributed by atoms with Crippen LogP contribution in [-0.4, -0.2) is 109 Å². The number of piperazine rings is 1. The van der Waals surface area contributed by atoms with E-state index in [9.17, 15) is 23.2 Å². The molecule has 0 atom stereocenters. The number of likely N-dealkylation sites (tertiary alicyclic amines) is 1.